The molecule has 0 aromatic rings. The topological polar surface area (TPSA) is 17.1 Å². The molecule has 0 rings (SSSR count). The predicted molar refractivity (Wildman–Crippen MR) is 85.4 cm³/mol. The fraction of sp³-hybridized carbons (Fsp3) is 0.722. The van der Waals surface area contributed by atoms with Crippen LogP contribution in [0.1, 0.15) is 84.0 Å². The zero-order valence-electron chi connectivity index (χ0n) is 12.8. The van der Waals surface area contributed by atoms with Crippen LogP contribution >= 0.6 is 0 Å². The molecule has 1 nitrogen and oxygen atoms in total. The first kappa shape index (κ1) is 18.1. The molecule has 0 heterocycles. The Hall–Kier alpha value is -0.850. The van der Waals surface area contributed by atoms with E-state index < -0.39 is 0 Å². The number of carbonyl (C=O) groups is 1. The van der Waals surface area contributed by atoms with Gasteiger partial charge in [0.2, 0.25) is 0 Å². The van der Waals surface area contributed by atoms with Gasteiger partial charge in [-0.15, -0.1) is 0 Å². The Balaban J connectivity index is 3.09. The summed E-state index contributed by atoms with van der Waals surface area (Å²) >= 11 is 0. The first-order chi connectivity index (χ1) is 9.41. The molecular formula is C18H32O. The molecule has 0 N–H and O–H groups in total. The van der Waals surface area contributed by atoms with E-state index in [-0.39, 0.29) is 0 Å². The van der Waals surface area contributed by atoms with E-state index in [2.05, 4.69) is 25.2 Å². The molecule has 0 atom stereocenters. The van der Waals surface area contributed by atoms with Gasteiger partial charge in [-0.1, -0.05) is 82.6 Å². The lowest BCUT2D eigenvalue weighted by atomic mass is 10.1. The number of rotatable bonds is 14. The molecule has 1 heteroatoms. The van der Waals surface area contributed by atoms with Gasteiger partial charge >= 0.3 is 0 Å². The monoisotopic (exact) mass is 264 g/mol. The molecule has 0 saturated carbocycles. The minimum atomic E-state index is 0.548. The third-order valence-corrected chi connectivity index (χ3v) is 3.31. The molecule has 0 aliphatic carbocycles. The van der Waals surface area contributed by atoms with Gasteiger partial charge in [0.15, 0.2) is 0 Å². The van der Waals surface area contributed by atoms with Crippen molar-refractivity contribution in [1.29, 1.82) is 0 Å². The first-order valence-corrected chi connectivity index (χ1v) is 8.15. The highest BCUT2D eigenvalue weighted by molar-refractivity contribution is 5.51. The fourth-order valence-corrected chi connectivity index (χ4v) is 2.11. The van der Waals surface area contributed by atoms with Crippen LogP contribution in [0.2, 0.25) is 0 Å². The van der Waals surface area contributed by atoms with Crippen molar-refractivity contribution in [2.24, 2.45) is 0 Å². The lowest BCUT2D eigenvalue weighted by Crippen LogP contribution is -1.80. The minimum Gasteiger partial charge on any atom is -0.303 e. The van der Waals surface area contributed by atoms with E-state index in [1.807, 2.05) is 6.08 Å². The highest BCUT2D eigenvalue weighted by atomic mass is 16.1. The number of unbranched alkanes of at least 4 members (excludes halogenated alkanes) is 9. The zero-order valence-corrected chi connectivity index (χ0v) is 12.8. The molecule has 0 bridgehead atoms. The second kappa shape index (κ2) is 17.2. The third-order valence-electron chi connectivity index (χ3n) is 3.31. The molecule has 0 aliphatic rings. The number of carbonyl (C=O) groups excluding carboxylic acids is 1. The predicted octanol–water partition coefficient (Wildman–Crippen LogP) is 6.00. The van der Waals surface area contributed by atoms with Crippen molar-refractivity contribution in [1.82, 2.24) is 0 Å². The van der Waals surface area contributed by atoms with Crippen molar-refractivity contribution in [2.75, 3.05) is 0 Å². The van der Waals surface area contributed by atoms with Gasteiger partial charge in [0, 0.05) is 6.42 Å². The molecule has 110 valence electrons. The largest absolute Gasteiger partial charge is 0.303 e. The van der Waals surface area contributed by atoms with Gasteiger partial charge in [0.25, 0.3) is 0 Å². The lowest BCUT2D eigenvalue weighted by molar-refractivity contribution is -0.107. The van der Waals surface area contributed by atoms with Crippen LogP contribution < -0.4 is 0 Å². The second-order valence-corrected chi connectivity index (χ2v) is 5.20. The highest BCUT2D eigenvalue weighted by Gasteiger charge is 1.90. The van der Waals surface area contributed by atoms with Crippen LogP contribution in [0.3, 0.4) is 0 Å². The van der Waals surface area contributed by atoms with E-state index in [1.165, 1.54) is 64.2 Å². The summed E-state index contributed by atoms with van der Waals surface area (Å²) in [4.78, 5) is 10.1. The Morgan fingerprint density at radius 2 is 1.16 bits per heavy atom. The zero-order chi connectivity index (χ0) is 14.0. The van der Waals surface area contributed by atoms with Gasteiger partial charge < -0.3 is 4.79 Å². The Morgan fingerprint density at radius 1 is 0.632 bits per heavy atom. The summed E-state index contributed by atoms with van der Waals surface area (Å²) in [5.74, 6) is 0. The Kier molecular flexibility index (Phi) is 16.4. The van der Waals surface area contributed by atoms with Gasteiger partial charge in [0.05, 0.1) is 0 Å². The minimum absolute atomic E-state index is 0.548. The van der Waals surface area contributed by atoms with Gasteiger partial charge in [-0.2, -0.15) is 0 Å². The summed E-state index contributed by atoms with van der Waals surface area (Å²) in [5, 5.41) is 0. The molecule has 0 saturated heterocycles. The maximum absolute atomic E-state index is 10.1. The Morgan fingerprint density at radius 3 is 1.79 bits per heavy atom. The Labute approximate surface area is 120 Å². The molecule has 19 heavy (non-hydrogen) atoms. The van der Waals surface area contributed by atoms with E-state index >= 15 is 0 Å². The molecule has 0 aliphatic heterocycles. The molecule has 0 amide bonds. The highest BCUT2D eigenvalue weighted by Crippen LogP contribution is 2.10. The van der Waals surface area contributed by atoms with Crippen molar-refractivity contribution in [3.05, 3.63) is 24.3 Å². The summed E-state index contributed by atoms with van der Waals surface area (Å²) in [6, 6.07) is 0. The summed E-state index contributed by atoms with van der Waals surface area (Å²) in [5.41, 5.74) is 0. The van der Waals surface area contributed by atoms with E-state index in [4.69, 9.17) is 0 Å². The molecule has 0 radical (unpaired) electrons. The molecule has 0 aromatic carbocycles. The van der Waals surface area contributed by atoms with Crippen LogP contribution in [0.25, 0.3) is 0 Å². The number of hydrogen-bond donors (Lipinski definition) is 0. The Bertz CT molecular complexity index is 228. The number of hydrogen-bond acceptors (Lipinski definition) is 1. The third kappa shape index (κ3) is 17.1. The van der Waals surface area contributed by atoms with E-state index in [1.54, 1.807) is 0 Å². The fourth-order valence-electron chi connectivity index (χ4n) is 2.11. The SMILES string of the molecule is CCCCCCCCCCC/C=C\C/C=C\CC=O. The average Bonchev–Trinajstić information content (AvgIpc) is 2.43. The normalized spacial score (nSPS) is 11.6. The molecule has 0 aromatic heterocycles. The van der Waals surface area contributed by atoms with E-state index in [9.17, 15) is 4.79 Å². The lowest BCUT2D eigenvalue weighted by Gasteiger charge is -2.00. The maximum atomic E-state index is 10.1. The summed E-state index contributed by atoms with van der Waals surface area (Å²) in [6.45, 7) is 2.27. The van der Waals surface area contributed by atoms with Gasteiger partial charge in [-0.05, 0) is 19.3 Å². The maximum Gasteiger partial charge on any atom is 0.123 e. The summed E-state index contributed by atoms with van der Waals surface area (Å²) in [7, 11) is 0. The van der Waals surface area contributed by atoms with Crippen LogP contribution in [0, 0.1) is 0 Å². The molecule has 0 unspecified atom stereocenters. The number of allylic oxidation sites excluding steroid dienone is 4. The molecular weight excluding hydrogens is 232 g/mol. The van der Waals surface area contributed by atoms with Crippen LogP contribution in [-0.4, -0.2) is 6.29 Å². The quantitative estimate of drug-likeness (QED) is 0.214. The van der Waals surface area contributed by atoms with Crippen molar-refractivity contribution < 1.29 is 4.79 Å². The summed E-state index contributed by atoms with van der Waals surface area (Å²) < 4.78 is 0. The van der Waals surface area contributed by atoms with Crippen molar-refractivity contribution in [3.63, 3.8) is 0 Å². The molecule has 0 spiro atoms. The smallest absolute Gasteiger partial charge is 0.123 e. The molecule has 0 fully saturated rings. The van der Waals surface area contributed by atoms with Gasteiger partial charge in [-0.3, -0.25) is 0 Å². The summed E-state index contributed by atoms with van der Waals surface area (Å²) in [6.07, 6.45) is 24.7. The number of aldehydes is 1. The van der Waals surface area contributed by atoms with Crippen LogP contribution in [0.5, 0.6) is 0 Å². The van der Waals surface area contributed by atoms with Crippen LogP contribution in [0.15, 0.2) is 24.3 Å². The first-order valence-electron chi connectivity index (χ1n) is 8.15. The van der Waals surface area contributed by atoms with Gasteiger partial charge in [0.1, 0.15) is 6.29 Å². The second-order valence-electron chi connectivity index (χ2n) is 5.20. The average molecular weight is 264 g/mol. The van der Waals surface area contributed by atoms with E-state index in [0.29, 0.717) is 6.42 Å². The standard InChI is InChI=1S/C18H32O/c1-2-3-4-5-6-7-8-9-10-11-12-13-14-15-16-17-18-19/h12-13,15-16,18H,2-11,14,17H2,1H3/b13-12-,16-15-. The van der Waals surface area contributed by atoms with Crippen LogP contribution in [0.4, 0.5) is 0 Å². The van der Waals surface area contributed by atoms with Crippen LogP contribution in [-0.2, 0) is 4.79 Å². The van der Waals surface area contributed by atoms with Gasteiger partial charge in [-0.25, -0.2) is 0 Å². The van der Waals surface area contributed by atoms with Crippen molar-refractivity contribution >= 4 is 6.29 Å². The van der Waals surface area contributed by atoms with Crippen molar-refractivity contribution in [3.8, 4) is 0 Å². The van der Waals surface area contributed by atoms with Crippen molar-refractivity contribution in [2.45, 2.75) is 84.0 Å². The van der Waals surface area contributed by atoms with E-state index in [0.717, 1.165) is 12.7 Å².